The highest BCUT2D eigenvalue weighted by Crippen LogP contribution is 2.36. The van der Waals surface area contributed by atoms with Gasteiger partial charge in [-0.2, -0.15) is 0 Å². The molecule has 4 fully saturated rings. The molecular formula is C52H82N10O5S2. The number of aromatic nitrogens is 4. The third kappa shape index (κ3) is 12.6. The number of benzene rings is 2. The molecule has 2 unspecified atom stereocenters. The van der Waals surface area contributed by atoms with Gasteiger partial charge in [0, 0.05) is 109 Å². The first-order chi connectivity index (χ1) is 32.9. The van der Waals surface area contributed by atoms with Crippen LogP contribution in [0.3, 0.4) is 0 Å². The van der Waals surface area contributed by atoms with Crippen LogP contribution in [0, 0.1) is 17.8 Å². The molecule has 0 radical (unpaired) electrons. The molecular weight excluding hydrogens is 909 g/mol. The fourth-order valence-electron chi connectivity index (χ4n) is 10.7. The first-order valence-electron chi connectivity index (χ1n) is 26.0. The lowest BCUT2D eigenvalue weighted by molar-refractivity contribution is -0.122. The number of carbonyl (C=O) groups excluding carboxylic acids is 1. The van der Waals surface area contributed by atoms with E-state index in [0.29, 0.717) is 37.3 Å². The van der Waals surface area contributed by atoms with E-state index < -0.39 is 22.3 Å². The van der Waals surface area contributed by atoms with E-state index in [1.54, 1.807) is 0 Å². The SMILES string of the molecule is C[C@H](CCC(=O)NC1CCN(S(=O)N(C)c2ccc3c(c2)nc(C(C)(C)C)n3CC2CCOCC2)CC1)CCC(C)(C)c1nc2cc(N(C)S(=O)N3CCC(N)CC3)ccc2n1CC1CCOCC1. The summed E-state index contributed by atoms with van der Waals surface area (Å²) in [5.74, 6) is 3.72. The maximum absolute atomic E-state index is 13.9. The summed E-state index contributed by atoms with van der Waals surface area (Å²) in [6.45, 7) is 21.3. The molecule has 8 rings (SSSR count). The number of piperidine rings is 2. The highest BCUT2D eigenvalue weighted by Gasteiger charge is 2.33. The smallest absolute Gasteiger partial charge is 0.220 e. The highest BCUT2D eigenvalue weighted by atomic mass is 32.2. The van der Waals surface area contributed by atoms with Crippen molar-refractivity contribution in [1.29, 1.82) is 0 Å². The van der Waals surface area contributed by atoms with Crippen LogP contribution < -0.4 is 19.7 Å². The summed E-state index contributed by atoms with van der Waals surface area (Å²) in [6.07, 6.45) is 10.7. The van der Waals surface area contributed by atoms with Gasteiger partial charge in [-0.1, -0.05) is 41.5 Å². The van der Waals surface area contributed by atoms with Crippen molar-refractivity contribution in [2.45, 2.75) is 155 Å². The van der Waals surface area contributed by atoms with Gasteiger partial charge in [0.05, 0.1) is 33.4 Å². The zero-order valence-corrected chi connectivity index (χ0v) is 44.6. The van der Waals surface area contributed by atoms with E-state index in [4.69, 9.17) is 25.2 Å². The summed E-state index contributed by atoms with van der Waals surface area (Å²) >= 11 is -2.67. The lowest BCUT2D eigenvalue weighted by Gasteiger charge is -2.34. The Morgan fingerprint density at radius 1 is 0.725 bits per heavy atom. The summed E-state index contributed by atoms with van der Waals surface area (Å²) in [7, 11) is 3.80. The number of amides is 1. The average molecular weight is 991 g/mol. The number of carbonyl (C=O) groups is 1. The van der Waals surface area contributed by atoms with Gasteiger partial charge >= 0.3 is 0 Å². The van der Waals surface area contributed by atoms with Crippen LogP contribution in [0.2, 0.25) is 0 Å². The van der Waals surface area contributed by atoms with Crippen LogP contribution in [-0.2, 0) is 60.5 Å². The molecule has 0 bridgehead atoms. The molecule has 3 N–H and O–H groups in total. The van der Waals surface area contributed by atoms with E-state index >= 15 is 0 Å². The Bertz CT molecular complexity index is 2400. The Balaban J connectivity index is 0.824. The summed E-state index contributed by atoms with van der Waals surface area (Å²) in [5, 5.41) is 3.31. The second kappa shape index (κ2) is 22.5. The third-order valence-corrected chi connectivity index (χ3v) is 18.4. The maximum atomic E-state index is 13.9. The number of fused-ring (bicyclic) bond motifs is 2. The summed E-state index contributed by atoms with van der Waals surface area (Å²) in [6, 6.07) is 12.9. The molecule has 3 atom stereocenters. The Hall–Kier alpha value is -3.45. The first-order valence-corrected chi connectivity index (χ1v) is 28.1. The van der Waals surface area contributed by atoms with E-state index in [0.717, 1.165) is 168 Å². The summed E-state index contributed by atoms with van der Waals surface area (Å²) < 4.78 is 51.5. The molecule has 4 aliphatic rings. The molecule has 4 aromatic rings. The average Bonchev–Trinajstić information content (AvgIpc) is 3.91. The fourth-order valence-corrected chi connectivity index (χ4v) is 13.0. The van der Waals surface area contributed by atoms with Gasteiger partial charge in [-0.05, 0) is 125 Å². The number of imidazole rings is 2. The van der Waals surface area contributed by atoms with Crippen molar-refractivity contribution in [3.63, 3.8) is 0 Å². The molecule has 15 nitrogen and oxygen atoms in total. The van der Waals surface area contributed by atoms with Gasteiger partial charge in [0.1, 0.15) is 11.6 Å². The molecule has 382 valence electrons. The Kier molecular flexibility index (Phi) is 16.9. The monoisotopic (exact) mass is 991 g/mol. The molecule has 6 heterocycles. The molecule has 0 aliphatic carbocycles. The highest BCUT2D eigenvalue weighted by molar-refractivity contribution is 7.84. The zero-order chi connectivity index (χ0) is 49.0. The third-order valence-electron chi connectivity index (χ3n) is 15.4. The number of rotatable bonds is 18. The lowest BCUT2D eigenvalue weighted by Crippen LogP contribution is -2.47. The van der Waals surface area contributed by atoms with E-state index in [1.165, 1.54) is 0 Å². The van der Waals surface area contributed by atoms with Gasteiger partial charge in [-0.3, -0.25) is 13.4 Å². The van der Waals surface area contributed by atoms with Gasteiger partial charge in [0.2, 0.25) is 5.91 Å². The lowest BCUT2D eigenvalue weighted by atomic mass is 9.83. The van der Waals surface area contributed by atoms with Crippen molar-refractivity contribution in [3.8, 4) is 0 Å². The van der Waals surface area contributed by atoms with E-state index in [9.17, 15) is 13.2 Å². The molecule has 69 heavy (non-hydrogen) atoms. The Labute approximate surface area is 417 Å². The largest absolute Gasteiger partial charge is 0.381 e. The van der Waals surface area contributed by atoms with Crippen molar-refractivity contribution in [1.82, 2.24) is 33.0 Å². The van der Waals surface area contributed by atoms with Crippen molar-refractivity contribution in [2.75, 3.05) is 75.3 Å². The fraction of sp³-hybridized carbons (Fsp3) is 0.712. The van der Waals surface area contributed by atoms with Crippen molar-refractivity contribution in [2.24, 2.45) is 23.5 Å². The molecule has 4 aliphatic heterocycles. The maximum Gasteiger partial charge on any atom is 0.220 e. The molecule has 0 saturated carbocycles. The number of nitrogens with two attached hydrogens (primary N) is 1. The van der Waals surface area contributed by atoms with Crippen molar-refractivity contribution < 1.29 is 22.7 Å². The molecule has 1 amide bonds. The van der Waals surface area contributed by atoms with Crippen LogP contribution in [0.1, 0.15) is 130 Å². The van der Waals surface area contributed by atoms with Crippen LogP contribution >= 0.6 is 0 Å². The minimum atomic E-state index is -1.37. The number of hydrogen-bond donors (Lipinski definition) is 2. The second-order valence-electron chi connectivity index (χ2n) is 22.4. The predicted octanol–water partition coefficient (Wildman–Crippen LogP) is 7.74. The molecule has 4 saturated heterocycles. The number of nitrogens with one attached hydrogen (secondary N) is 1. The minimum absolute atomic E-state index is 0.0739. The van der Waals surface area contributed by atoms with E-state index in [2.05, 4.69) is 92.4 Å². The van der Waals surface area contributed by atoms with Gasteiger partial charge in [-0.25, -0.2) is 27.0 Å². The Morgan fingerprint density at radius 2 is 1.19 bits per heavy atom. The zero-order valence-electron chi connectivity index (χ0n) is 42.9. The van der Waals surface area contributed by atoms with Gasteiger partial charge < -0.3 is 29.7 Å². The Morgan fingerprint density at radius 3 is 1.68 bits per heavy atom. The number of nitrogens with zero attached hydrogens (tertiary/aromatic N) is 8. The van der Waals surface area contributed by atoms with Crippen LogP contribution in [0.25, 0.3) is 22.1 Å². The normalized spacial score (nSPS) is 20.7. The molecule has 2 aromatic heterocycles. The molecule has 17 heteroatoms. The van der Waals surface area contributed by atoms with E-state index in [1.807, 2.05) is 31.3 Å². The van der Waals surface area contributed by atoms with Crippen molar-refractivity contribution >= 4 is 61.7 Å². The van der Waals surface area contributed by atoms with Crippen LogP contribution in [0.15, 0.2) is 36.4 Å². The van der Waals surface area contributed by atoms with Crippen molar-refractivity contribution in [3.05, 3.63) is 48.0 Å². The predicted molar refractivity (Wildman–Crippen MR) is 281 cm³/mol. The standard InChI is InChI=1S/C52H82N10O5S2/c1-37(15-24-52(5,6)50-56-45-34-43(57(7)68(64)59-25-16-40(53)17-26-59)11-13-47(45)62(50)36-39-22-31-67-32-23-39)9-14-48(63)54-41-18-27-60(28-19-41)69(65)58(8)42-10-12-46-44(33-42)55-49(51(2,3)4)61(46)35-38-20-29-66-30-21-38/h10-13,33-34,37-41H,9,14-32,35-36,53H2,1-8H3,(H,54,63)/t37-,68?,69?/m1/s1. The quantitative estimate of drug-likeness (QED) is 0.103. The summed E-state index contributed by atoms with van der Waals surface area (Å²) in [4.78, 5) is 23.8. The second-order valence-corrected chi connectivity index (χ2v) is 25.4. The molecule has 2 aromatic carbocycles. The number of ether oxygens (including phenoxy) is 2. The number of hydrogen-bond acceptors (Lipinski definition) is 8. The first kappa shape index (κ1) is 51.9. The molecule has 0 spiro atoms. The van der Waals surface area contributed by atoms with Crippen LogP contribution in [-0.4, -0.2) is 121 Å². The van der Waals surface area contributed by atoms with Gasteiger partial charge in [0.25, 0.3) is 0 Å². The summed E-state index contributed by atoms with van der Waals surface area (Å²) in [5.41, 5.74) is 11.7. The van der Waals surface area contributed by atoms with Gasteiger partial charge in [-0.15, -0.1) is 0 Å². The minimum Gasteiger partial charge on any atom is -0.381 e. The topological polar surface area (TPSA) is 156 Å². The number of anilines is 2. The van der Waals surface area contributed by atoms with Crippen LogP contribution in [0.4, 0.5) is 11.4 Å². The van der Waals surface area contributed by atoms with E-state index in [-0.39, 0.29) is 28.8 Å². The van der Waals surface area contributed by atoms with Crippen LogP contribution in [0.5, 0.6) is 0 Å². The van der Waals surface area contributed by atoms with Gasteiger partial charge in [0.15, 0.2) is 22.3 Å².